The average Bonchev–Trinajstić information content (AvgIpc) is 3.47. The van der Waals surface area contributed by atoms with Crippen LogP contribution in [0.2, 0.25) is 0 Å². The number of hydrogen-bond acceptors (Lipinski definition) is 6. The van der Waals surface area contributed by atoms with Crippen LogP contribution in [0.3, 0.4) is 0 Å². The van der Waals surface area contributed by atoms with Crippen molar-refractivity contribution in [1.82, 2.24) is 4.90 Å². The lowest BCUT2D eigenvalue weighted by atomic mass is 9.84. The Labute approximate surface area is 264 Å². The van der Waals surface area contributed by atoms with Crippen molar-refractivity contribution in [1.29, 1.82) is 5.41 Å². The van der Waals surface area contributed by atoms with Gasteiger partial charge in [0.05, 0.1) is 22.9 Å². The molecule has 6 rings (SSSR count). The van der Waals surface area contributed by atoms with Gasteiger partial charge in [-0.1, -0.05) is 73.5 Å². The molecule has 1 aliphatic carbocycles. The van der Waals surface area contributed by atoms with E-state index in [1.165, 1.54) is 49.4 Å². The SMILES string of the molecule is COc1cc(/C=C2/C(=N)N3C(c4ccccc4)=CSC3=NC2=O)cc(Br)c1OCCOc1ccc(C2CCCCC2)cc1. The van der Waals surface area contributed by atoms with Crippen LogP contribution >= 0.6 is 27.7 Å². The smallest absolute Gasteiger partial charge is 0.283 e. The third kappa shape index (κ3) is 6.43. The molecule has 0 bridgehead atoms. The fourth-order valence-electron chi connectivity index (χ4n) is 5.62. The van der Waals surface area contributed by atoms with E-state index in [0.29, 0.717) is 45.8 Å². The molecule has 7 nitrogen and oxygen atoms in total. The zero-order chi connectivity index (χ0) is 29.8. The summed E-state index contributed by atoms with van der Waals surface area (Å²) in [4.78, 5) is 18.9. The summed E-state index contributed by atoms with van der Waals surface area (Å²) in [5, 5.41) is 11.3. The minimum atomic E-state index is -0.453. The van der Waals surface area contributed by atoms with Gasteiger partial charge in [0.15, 0.2) is 16.7 Å². The highest BCUT2D eigenvalue weighted by molar-refractivity contribution is 9.10. The molecule has 0 atom stereocenters. The van der Waals surface area contributed by atoms with E-state index in [0.717, 1.165) is 17.0 Å². The summed E-state index contributed by atoms with van der Waals surface area (Å²) >= 11 is 4.94. The lowest BCUT2D eigenvalue weighted by Gasteiger charge is -2.27. The van der Waals surface area contributed by atoms with Gasteiger partial charge in [0.1, 0.15) is 24.8 Å². The normalized spacial score (nSPS) is 17.9. The van der Waals surface area contributed by atoms with Gasteiger partial charge in [0, 0.05) is 5.41 Å². The van der Waals surface area contributed by atoms with E-state index in [1.807, 2.05) is 53.9 Å². The topological polar surface area (TPSA) is 84.2 Å². The molecule has 0 unspecified atom stereocenters. The molecule has 1 saturated carbocycles. The summed E-state index contributed by atoms with van der Waals surface area (Å²) in [5.41, 5.74) is 4.03. The number of halogens is 1. The molecule has 0 saturated heterocycles. The highest BCUT2D eigenvalue weighted by Gasteiger charge is 2.36. The molecule has 0 radical (unpaired) electrons. The number of rotatable bonds is 9. The molecular formula is C34H32BrN3O4S. The van der Waals surface area contributed by atoms with Crippen molar-refractivity contribution < 1.29 is 19.0 Å². The standard InChI is InChI=1S/C34H32BrN3O4S/c1-40-30-20-22(18-27-32(36)38-29(25-10-6-3-7-11-25)21-43-34(38)37-33(27)39)19-28(35)31(30)42-17-16-41-26-14-12-24(13-15-26)23-8-4-2-5-9-23/h3,6-7,10-15,18-21,23,36H,2,4-5,8-9,16-17H2,1H3/b27-18-,36-32?. The third-order valence-corrected chi connectivity index (χ3v) is 9.22. The maximum Gasteiger partial charge on any atom is 0.283 e. The first-order valence-corrected chi connectivity index (χ1v) is 16.1. The Morgan fingerprint density at radius 2 is 1.77 bits per heavy atom. The molecule has 220 valence electrons. The highest BCUT2D eigenvalue weighted by Crippen LogP contribution is 2.40. The van der Waals surface area contributed by atoms with Crippen LogP contribution in [0, 0.1) is 5.41 Å². The van der Waals surface area contributed by atoms with Crippen molar-refractivity contribution in [2.45, 2.75) is 38.0 Å². The molecule has 0 spiro atoms. The van der Waals surface area contributed by atoms with Gasteiger partial charge in [-0.15, -0.1) is 0 Å². The maximum atomic E-state index is 13.0. The number of ether oxygens (including phenoxy) is 3. The second-order valence-electron chi connectivity index (χ2n) is 10.6. The summed E-state index contributed by atoms with van der Waals surface area (Å²) < 4.78 is 18.3. The molecule has 0 aromatic heterocycles. The molecule has 9 heteroatoms. The molecule has 2 heterocycles. The first kappa shape index (κ1) is 29.3. The van der Waals surface area contributed by atoms with Crippen molar-refractivity contribution in [3.63, 3.8) is 0 Å². The fraction of sp³-hybridized carbons (Fsp3) is 0.265. The van der Waals surface area contributed by atoms with E-state index in [2.05, 4.69) is 33.1 Å². The quantitative estimate of drug-likeness (QED) is 0.184. The largest absolute Gasteiger partial charge is 0.493 e. The highest BCUT2D eigenvalue weighted by atomic mass is 79.9. The number of carbonyl (C=O) groups excluding carboxylic acids is 1. The third-order valence-electron chi connectivity index (χ3n) is 7.80. The van der Waals surface area contributed by atoms with E-state index in [4.69, 9.17) is 19.6 Å². The van der Waals surface area contributed by atoms with E-state index in [-0.39, 0.29) is 11.4 Å². The number of nitrogens with one attached hydrogen (secondary N) is 1. The lowest BCUT2D eigenvalue weighted by Crippen LogP contribution is -2.38. The van der Waals surface area contributed by atoms with E-state index < -0.39 is 5.91 Å². The molecule has 2 aliphatic heterocycles. The number of carbonyl (C=O) groups is 1. The van der Waals surface area contributed by atoms with Crippen LogP contribution in [-0.4, -0.2) is 42.1 Å². The molecule has 43 heavy (non-hydrogen) atoms. The van der Waals surface area contributed by atoms with Crippen molar-refractivity contribution in [3.8, 4) is 17.2 Å². The molecule has 1 N–H and O–H groups in total. The Bertz CT molecular complexity index is 1610. The predicted octanol–water partition coefficient (Wildman–Crippen LogP) is 8.27. The van der Waals surface area contributed by atoms with Crippen molar-refractivity contribution >= 4 is 56.4 Å². The Balaban J connectivity index is 1.12. The van der Waals surface area contributed by atoms with Gasteiger partial charge in [0.25, 0.3) is 5.91 Å². The predicted molar refractivity (Wildman–Crippen MR) is 176 cm³/mol. The number of nitrogens with zero attached hydrogens (tertiary/aromatic N) is 2. The van der Waals surface area contributed by atoms with Crippen molar-refractivity contribution in [2.75, 3.05) is 20.3 Å². The number of hydrogen-bond donors (Lipinski definition) is 1. The Morgan fingerprint density at radius 1 is 1.02 bits per heavy atom. The van der Waals surface area contributed by atoms with Gasteiger partial charge in [0.2, 0.25) is 0 Å². The number of thioether (sulfide) groups is 1. The Hall–Kier alpha value is -3.82. The summed E-state index contributed by atoms with van der Waals surface area (Å²) in [6, 6.07) is 21.8. The molecule has 3 aromatic rings. The van der Waals surface area contributed by atoms with E-state index in [1.54, 1.807) is 24.2 Å². The van der Waals surface area contributed by atoms with Crippen LogP contribution in [0.4, 0.5) is 0 Å². The van der Waals surface area contributed by atoms with Crippen LogP contribution < -0.4 is 14.2 Å². The monoisotopic (exact) mass is 657 g/mol. The van der Waals surface area contributed by atoms with Crippen LogP contribution in [0.1, 0.15) is 54.7 Å². The summed E-state index contributed by atoms with van der Waals surface area (Å²) in [6.45, 7) is 0.697. The lowest BCUT2D eigenvalue weighted by molar-refractivity contribution is -0.114. The Morgan fingerprint density at radius 3 is 2.51 bits per heavy atom. The zero-order valence-corrected chi connectivity index (χ0v) is 26.2. The average molecular weight is 659 g/mol. The first-order chi connectivity index (χ1) is 21.0. The van der Waals surface area contributed by atoms with Crippen LogP contribution in [0.5, 0.6) is 17.2 Å². The van der Waals surface area contributed by atoms with Gasteiger partial charge in [-0.05, 0) is 81.7 Å². The maximum absolute atomic E-state index is 13.0. The molecule has 3 aliphatic rings. The second-order valence-corrected chi connectivity index (χ2v) is 12.3. The van der Waals surface area contributed by atoms with Crippen LogP contribution in [0.15, 0.2) is 87.2 Å². The summed E-state index contributed by atoms with van der Waals surface area (Å²) in [5.74, 6) is 2.16. The zero-order valence-electron chi connectivity index (χ0n) is 23.8. The van der Waals surface area contributed by atoms with Gasteiger partial charge < -0.3 is 14.2 Å². The summed E-state index contributed by atoms with van der Waals surface area (Å²) in [6.07, 6.45) is 8.20. The van der Waals surface area contributed by atoms with Crippen LogP contribution in [-0.2, 0) is 4.79 Å². The number of amides is 1. The van der Waals surface area contributed by atoms with Crippen molar-refractivity contribution in [3.05, 3.63) is 98.9 Å². The molecule has 1 fully saturated rings. The Kier molecular flexibility index (Phi) is 9.00. The number of fused-ring (bicyclic) bond motifs is 1. The number of methoxy groups -OCH3 is 1. The fourth-order valence-corrected chi connectivity index (χ4v) is 7.08. The number of benzene rings is 3. The first-order valence-electron chi connectivity index (χ1n) is 14.4. The van der Waals surface area contributed by atoms with Gasteiger partial charge in [-0.2, -0.15) is 4.99 Å². The summed E-state index contributed by atoms with van der Waals surface area (Å²) in [7, 11) is 1.57. The van der Waals surface area contributed by atoms with Crippen LogP contribution in [0.25, 0.3) is 11.8 Å². The number of amidine groups is 2. The molecular weight excluding hydrogens is 626 g/mol. The van der Waals surface area contributed by atoms with Gasteiger partial charge in [-0.25, -0.2) is 0 Å². The molecule has 1 amide bonds. The van der Waals surface area contributed by atoms with Gasteiger partial charge in [-0.3, -0.25) is 15.1 Å². The van der Waals surface area contributed by atoms with Crippen molar-refractivity contribution in [2.24, 2.45) is 4.99 Å². The number of aliphatic imine (C=N–C) groups is 1. The minimum Gasteiger partial charge on any atom is -0.493 e. The van der Waals surface area contributed by atoms with E-state index >= 15 is 0 Å². The van der Waals surface area contributed by atoms with Gasteiger partial charge >= 0.3 is 0 Å². The minimum absolute atomic E-state index is 0.0782. The second kappa shape index (κ2) is 13.2. The van der Waals surface area contributed by atoms with E-state index in [9.17, 15) is 4.79 Å². The molecule has 3 aromatic carbocycles.